The van der Waals surface area contributed by atoms with Crippen molar-refractivity contribution in [2.45, 2.75) is 37.6 Å². The van der Waals surface area contributed by atoms with E-state index in [2.05, 4.69) is 25.7 Å². The van der Waals surface area contributed by atoms with Crippen LogP contribution in [-0.2, 0) is 28.7 Å². The number of fused-ring (bicyclic) bond motifs is 1. The SMILES string of the molecule is CN(C)c1cc2nc(C(F)(F)F)[nH]c2cc1CC[C@@H](C=O)NC(=O)C(CNCc1ccccc1)N=N. The van der Waals surface area contributed by atoms with Gasteiger partial charge in [0.1, 0.15) is 6.29 Å². The molecule has 3 rings (SSSR count). The number of imidazole rings is 1. The summed E-state index contributed by atoms with van der Waals surface area (Å²) in [7, 11) is 3.51. The largest absolute Gasteiger partial charge is 0.449 e. The second-order valence-electron chi connectivity index (χ2n) is 8.53. The third-order valence-corrected chi connectivity index (χ3v) is 5.62. The smallest absolute Gasteiger partial charge is 0.377 e. The molecule has 2 atom stereocenters. The molecule has 1 amide bonds. The number of carbonyl (C=O) groups is 2. The highest BCUT2D eigenvalue weighted by molar-refractivity contribution is 5.85. The van der Waals surface area contributed by atoms with Gasteiger partial charge in [0, 0.05) is 32.9 Å². The van der Waals surface area contributed by atoms with E-state index in [1.807, 2.05) is 30.3 Å². The molecule has 1 heterocycles. The summed E-state index contributed by atoms with van der Waals surface area (Å²) in [6.45, 7) is 0.620. The number of anilines is 1. The fraction of sp³-hybridized carbons (Fsp3) is 0.375. The summed E-state index contributed by atoms with van der Waals surface area (Å²) < 4.78 is 39.2. The number of hydrogen-bond acceptors (Lipinski definition) is 7. The summed E-state index contributed by atoms with van der Waals surface area (Å²) in [5.41, 5.74) is 10.1. The number of H-pyrrole nitrogens is 1. The van der Waals surface area contributed by atoms with E-state index < -0.39 is 30.0 Å². The molecule has 1 aromatic heterocycles. The zero-order valence-corrected chi connectivity index (χ0v) is 19.9. The van der Waals surface area contributed by atoms with Crippen LogP contribution in [0.5, 0.6) is 0 Å². The summed E-state index contributed by atoms with van der Waals surface area (Å²) in [5, 5.41) is 9.05. The molecule has 2 aromatic carbocycles. The summed E-state index contributed by atoms with van der Waals surface area (Å²) in [4.78, 5) is 31.9. The number of amides is 1. The van der Waals surface area contributed by atoms with Crippen LogP contribution in [0, 0.1) is 5.53 Å². The molecule has 0 saturated heterocycles. The van der Waals surface area contributed by atoms with Crippen molar-refractivity contribution in [3.8, 4) is 0 Å². The number of hydrogen-bond donors (Lipinski definition) is 4. The molecule has 3 aromatic rings. The molecular weight excluding hydrogens is 475 g/mol. The van der Waals surface area contributed by atoms with Gasteiger partial charge < -0.3 is 25.3 Å². The van der Waals surface area contributed by atoms with E-state index in [0.717, 1.165) is 5.56 Å². The predicted octanol–water partition coefficient (Wildman–Crippen LogP) is 3.45. The van der Waals surface area contributed by atoms with Gasteiger partial charge in [0.05, 0.1) is 17.1 Å². The number of aldehydes is 1. The second-order valence-corrected chi connectivity index (χ2v) is 8.53. The molecule has 36 heavy (non-hydrogen) atoms. The average molecular weight is 504 g/mol. The van der Waals surface area contributed by atoms with E-state index >= 15 is 0 Å². The number of carbonyl (C=O) groups excluding carboxylic acids is 2. The summed E-state index contributed by atoms with van der Waals surface area (Å²) in [6.07, 6.45) is -3.48. The van der Waals surface area contributed by atoms with Crippen molar-refractivity contribution >= 4 is 28.9 Å². The van der Waals surface area contributed by atoms with Crippen molar-refractivity contribution < 1.29 is 22.8 Å². The maximum atomic E-state index is 13.1. The molecule has 0 bridgehead atoms. The van der Waals surface area contributed by atoms with Gasteiger partial charge in [0.15, 0.2) is 6.04 Å². The van der Waals surface area contributed by atoms with Gasteiger partial charge in [-0.2, -0.15) is 18.3 Å². The lowest BCUT2D eigenvalue weighted by Crippen LogP contribution is -2.45. The van der Waals surface area contributed by atoms with Crippen LogP contribution in [0.25, 0.3) is 11.0 Å². The van der Waals surface area contributed by atoms with Gasteiger partial charge in [-0.1, -0.05) is 30.3 Å². The van der Waals surface area contributed by atoms with Crippen LogP contribution in [-0.4, -0.2) is 54.9 Å². The fourth-order valence-electron chi connectivity index (χ4n) is 3.75. The average Bonchev–Trinajstić information content (AvgIpc) is 3.28. The first-order chi connectivity index (χ1) is 17.1. The Morgan fingerprint density at radius 2 is 1.97 bits per heavy atom. The zero-order valence-electron chi connectivity index (χ0n) is 19.9. The Hall–Kier alpha value is -3.80. The van der Waals surface area contributed by atoms with Gasteiger partial charge in [-0.3, -0.25) is 4.79 Å². The third kappa shape index (κ3) is 6.87. The number of aromatic amines is 1. The Morgan fingerprint density at radius 1 is 1.25 bits per heavy atom. The molecule has 0 aliphatic heterocycles. The maximum Gasteiger partial charge on any atom is 0.449 e. The Bertz CT molecular complexity index is 1200. The molecule has 0 radical (unpaired) electrons. The summed E-state index contributed by atoms with van der Waals surface area (Å²) >= 11 is 0. The predicted molar refractivity (Wildman–Crippen MR) is 129 cm³/mol. The molecule has 0 spiro atoms. The van der Waals surface area contributed by atoms with Crippen LogP contribution >= 0.6 is 0 Å². The first-order valence-electron chi connectivity index (χ1n) is 11.3. The Balaban J connectivity index is 1.64. The van der Waals surface area contributed by atoms with Crippen molar-refractivity contribution in [1.29, 1.82) is 5.53 Å². The summed E-state index contributed by atoms with van der Waals surface area (Å²) in [6, 6.07) is 10.8. The van der Waals surface area contributed by atoms with Crippen LogP contribution in [0.3, 0.4) is 0 Å². The van der Waals surface area contributed by atoms with Crippen molar-refractivity contribution in [3.05, 3.63) is 59.4 Å². The number of nitrogens with one attached hydrogen (secondary N) is 4. The second kappa shape index (κ2) is 11.8. The van der Waals surface area contributed by atoms with Crippen molar-refractivity contribution in [1.82, 2.24) is 20.6 Å². The number of rotatable bonds is 12. The van der Waals surface area contributed by atoms with Gasteiger partial charge in [0.25, 0.3) is 0 Å². The van der Waals surface area contributed by atoms with E-state index in [-0.39, 0.29) is 24.0 Å². The summed E-state index contributed by atoms with van der Waals surface area (Å²) in [5.74, 6) is -1.64. The number of nitrogens with zero attached hydrogens (tertiary/aromatic N) is 3. The normalized spacial score (nSPS) is 13.2. The van der Waals surface area contributed by atoms with Crippen LogP contribution in [0.1, 0.15) is 23.4 Å². The lowest BCUT2D eigenvalue weighted by molar-refractivity contribution is -0.144. The molecule has 9 nitrogen and oxygen atoms in total. The standard InChI is InChI=1S/C24H28F3N7O2/c1-34(2)21-11-19-18(31-23(32-19)24(25,26)27)10-16(21)8-9-17(14-35)30-22(36)20(33-28)13-29-12-15-6-4-3-5-7-15/h3-7,10-11,14,17,20,28-29H,8-9,12-13H2,1-2H3,(H,30,36)(H,31,32)/t17-,20?/m0/s1. The minimum Gasteiger partial charge on any atom is -0.377 e. The zero-order chi connectivity index (χ0) is 26.3. The molecule has 4 N–H and O–H groups in total. The highest BCUT2D eigenvalue weighted by atomic mass is 19.4. The van der Waals surface area contributed by atoms with Crippen LogP contribution in [0.15, 0.2) is 47.6 Å². The van der Waals surface area contributed by atoms with Crippen LogP contribution < -0.4 is 15.5 Å². The van der Waals surface area contributed by atoms with E-state index in [1.54, 1.807) is 31.1 Å². The Morgan fingerprint density at radius 3 is 2.58 bits per heavy atom. The minimum atomic E-state index is -4.60. The Labute approximate surface area is 206 Å². The number of aromatic nitrogens is 2. The third-order valence-electron chi connectivity index (χ3n) is 5.62. The van der Waals surface area contributed by atoms with Gasteiger partial charge in [0.2, 0.25) is 11.7 Å². The fourth-order valence-corrected chi connectivity index (χ4v) is 3.75. The lowest BCUT2D eigenvalue weighted by atomic mass is 10.0. The molecule has 12 heteroatoms. The van der Waals surface area contributed by atoms with Crippen LogP contribution in [0.2, 0.25) is 0 Å². The highest BCUT2D eigenvalue weighted by Gasteiger charge is 2.35. The molecule has 0 aliphatic rings. The number of alkyl halides is 3. The number of halogens is 3. The number of benzene rings is 2. The lowest BCUT2D eigenvalue weighted by Gasteiger charge is -2.20. The Kier molecular flexibility index (Phi) is 8.75. The van der Waals surface area contributed by atoms with Gasteiger partial charge >= 0.3 is 6.18 Å². The van der Waals surface area contributed by atoms with Gasteiger partial charge in [-0.25, -0.2) is 10.5 Å². The molecule has 192 valence electrons. The number of aryl methyl sites for hydroxylation is 1. The molecule has 1 unspecified atom stereocenters. The quantitative estimate of drug-likeness (QED) is 0.222. The van der Waals surface area contributed by atoms with E-state index in [1.165, 1.54) is 0 Å². The highest BCUT2D eigenvalue weighted by Crippen LogP contribution is 2.31. The molecular formula is C24H28F3N7O2. The maximum absolute atomic E-state index is 13.1. The first-order valence-corrected chi connectivity index (χ1v) is 11.3. The van der Waals surface area contributed by atoms with Crippen molar-refractivity contribution in [2.75, 3.05) is 25.5 Å². The van der Waals surface area contributed by atoms with E-state index in [0.29, 0.717) is 30.5 Å². The monoisotopic (exact) mass is 503 g/mol. The van der Waals surface area contributed by atoms with Crippen molar-refractivity contribution in [3.63, 3.8) is 0 Å². The van der Waals surface area contributed by atoms with Gasteiger partial charge in [-0.15, -0.1) is 0 Å². The van der Waals surface area contributed by atoms with E-state index in [9.17, 15) is 22.8 Å². The topological polar surface area (TPSA) is 126 Å². The van der Waals surface area contributed by atoms with Crippen molar-refractivity contribution in [2.24, 2.45) is 5.11 Å². The molecule has 0 fully saturated rings. The van der Waals surface area contributed by atoms with Crippen LogP contribution in [0.4, 0.5) is 18.9 Å². The van der Waals surface area contributed by atoms with Gasteiger partial charge in [-0.05, 0) is 36.1 Å². The first kappa shape index (κ1) is 26.8. The minimum absolute atomic E-state index is 0.124. The van der Waals surface area contributed by atoms with E-state index in [4.69, 9.17) is 5.53 Å². The molecule has 0 saturated carbocycles. The molecule has 0 aliphatic carbocycles.